The number of hydrogen-bond donors (Lipinski definition) is 1. The van der Waals surface area contributed by atoms with Crippen LogP contribution in [0.1, 0.15) is 74.1 Å². The normalized spacial score (nSPS) is 12.5. The Morgan fingerprint density at radius 3 is 2.04 bits per heavy atom. The Kier molecular flexibility index (Phi) is 11.4. The zero-order valence-electron chi connectivity index (χ0n) is 18.1. The van der Waals surface area contributed by atoms with Crippen molar-refractivity contribution in [1.82, 2.24) is 5.32 Å². The maximum Gasteiger partial charge on any atom is 0.329 e. The van der Waals surface area contributed by atoms with Gasteiger partial charge in [-0.1, -0.05) is 34.1 Å². The summed E-state index contributed by atoms with van der Waals surface area (Å²) in [7, 11) is 0. The van der Waals surface area contributed by atoms with Gasteiger partial charge >= 0.3 is 17.9 Å². The van der Waals surface area contributed by atoms with E-state index in [0.29, 0.717) is 12.3 Å². The van der Waals surface area contributed by atoms with Gasteiger partial charge in [-0.3, -0.25) is 14.4 Å². The lowest BCUT2D eigenvalue weighted by Crippen LogP contribution is -2.45. The SMILES string of the molecule is CC(C)CCCC(=O)NC(CC(=O)OCOC(=O)C(C)C)C(=O)OC(C)(C)C. The van der Waals surface area contributed by atoms with Crippen LogP contribution < -0.4 is 5.32 Å². The molecule has 0 aromatic heterocycles. The number of hydrogen-bond acceptors (Lipinski definition) is 7. The number of carbonyl (C=O) groups excluding carboxylic acids is 4. The Labute approximate surface area is 167 Å². The number of carbonyl (C=O) groups is 4. The number of rotatable bonds is 11. The standard InChI is InChI=1S/C20H35NO7/c1-13(2)9-8-10-16(22)21-15(19(25)28-20(5,6)7)11-17(23)26-12-27-18(24)14(3)4/h13-15H,8-12H2,1-7H3,(H,21,22). The fourth-order valence-electron chi connectivity index (χ4n) is 2.05. The first-order valence-electron chi connectivity index (χ1n) is 9.66. The van der Waals surface area contributed by atoms with Crippen LogP contribution in [-0.4, -0.2) is 42.3 Å². The van der Waals surface area contributed by atoms with E-state index in [0.717, 1.165) is 6.42 Å². The van der Waals surface area contributed by atoms with Crippen LogP contribution in [-0.2, 0) is 33.4 Å². The molecule has 0 aliphatic carbocycles. The lowest BCUT2D eigenvalue weighted by atomic mass is 10.1. The molecule has 0 saturated carbocycles. The summed E-state index contributed by atoms with van der Waals surface area (Å²) >= 11 is 0. The van der Waals surface area contributed by atoms with Crippen LogP contribution in [0.4, 0.5) is 0 Å². The topological polar surface area (TPSA) is 108 Å². The molecule has 0 aromatic carbocycles. The molecule has 8 heteroatoms. The zero-order valence-corrected chi connectivity index (χ0v) is 18.1. The maximum atomic E-state index is 12.4. The van der Waals surface area contributed by atoms with Gasteiger partial charge in [0.25, 0.3) is 0 Å². The predicted molar refractivity (Wildman–Crippen MR) is 103 cm³/mol. The molecule has 1 atom stereocenters. The van der Waals surface area contributed by atoms with Crippen molar-refractivity contribution in [3.63, 3.8) is 0 Å². The summed E-state index contributed by atoms with van der Waals surface area (Å²) < 4.78 is 14.9. The molecule has 0 aliphatic heterocycles. The third-order valence-electron chi connectivity index (χ3n) is 3.48. The van der Waals surface area contributed by atoms with Gasteiger partial charge in [0.1, 0.15) is 11.6 Å². The number of esters is 3. The summed E-state index contributed by atoms with van der Waals surface area (Å²) in [6.07, 6.45) is 1.40. The minimum atomic E-state index is -1.17. The van der Waals surface area contributed by atoms with Gasteiger partial charge in [-0.2, -0.15) is 0 Å². The molecule has 1 N–H and O–H groups in total. The smallest absolute Gasteiger partial charge is 0.329 e. The molecule has 0 spiro atoms. The van der Waals surface area contributed by atoms with Crippen molar-refractivity contribution in [2.75, 3.05) is 6.79 Å². The lowest BCUT2D eigenvalue weighted by Gasteiger charge is -2.24. The molecule has 1 unspecified atom stereocenters. The Morgan fingerprint density at radius 1 is 0.929 bits per heavy atom. The van der Waals surface area contributed by atoms with E-state index in [2.05, 4.69) is 19.2 Å². The molecule has 0 aromatic rings. The van der Waals surface area contributed by atoms with Crippen molar-refractivity contribution < 1.29 is 33.4 Å². The highest BCUT2D eigenvalue weighted by Gasteiger charge is 2.29. The van der Waals surface area contributed by atoms with Crippen LogP contribution in [0.25, 0.3) is 0 Å². The molecule has 0 heterocycles. The summed E-state index contributed by atoms with van der Waals surface area (Å²) in [6.45, 7) is 11.9. The first kappa shape index (κ1) is 25.9. The van der Waals surface area contributed by atoms with Crippen molar-refractivity contribution in [2.24, 2.45) is 11.8 Å². The first-order chi connectivity index (χ1) is 12.8. The summed E-state index contributed by atoms with van der Waals surface area (Å²) in [5.74, 6) is -2.22. The molecule has 28 heavy (non-hydrogen) atoms. The number of nitrogens with one attached hydrogen (secondary N) is 1. The minimum Gasteiger partial charge on any atom is -0.458 e. The van der Waals surface area contributed by atoms with Gasteiger partial charge in [-0.25, -0.2) is 4.79 Å². The molecule has 0 rings (SSSR count). The van der Waals surface area contributed by atoms with Crippen molar-refractivity contribution in [3.8, 4) is 0 Å². The second-order valence-electron chi connectivity index (χ2n) is 8.40. The van der Waals surface area contributed by atoms with Crippen molar-refractivity contribution in [1.29, 1.82) is 0 Å². The van der Waals surface area contributed by atoms with Gasteiger partial charge in [-0.15, -0.1) is 0 Å². The van der Waals surface area contributed by atoms with E-state index < -0.39 is 42.8 Å². The first-order valence-corrected chi connectivity index (χ1v) is 9.66. The average molecular weight is 402 g/mol. The Hall–Kier alpha value is -2.12. The summed E-state index contributed by atoms with van der Waals surface area (Å²) in [4.78, 5) is 47.8. The van der Waals surface area contributed by atoms with Crippen LogP contribution in [0.5, 0.6) is 0 Å². The van der Waals surface area contributed by atoms with Gasteiger partial charge in [0.2, 0.25) is 12.7 Å². The van der Waals surface area contributed by atoms with Crippen molar-refractivity contribution in [3.05, 3.63) is 0 Å². The molecule has 0 radical (unpaired) electrons. The summed E-state index contributed by atoms with van der Waals surface area (Å²) in [6, 6.07) is -1.17. The van der Waals surface area contributed by atoms with E-state index in [9.17, 15) is 19.2 Å². The molecular formula is C20H35NO7. The average Bonchev–Trinajstić information content (AvgIpc) is 2.51. The molecule has 162 valence electrons. The second kappa shape index (κ2) is 12.4. The summed E-state index contributed by atoms with van der Waals surface area (Å²) in [5, 5.41) is 2.54. The van der Waals surface area contributed by atoms with E-state index in [-0.39, 0.29) is 18.2 Å². The van der Waals surface area contributed by atoms with Crippen LogP contribution in [0.2, 0.25) is 0 Å². The van der Waals surface area contributed by atoms with Crippen LogP contribution in [0.3, 0.4) is 0 Å². The van der Waals surface area contributed by atoms with Gasteiger partial charge < -0.3 is 19.5 Å². The quantitative estimate of drug-likeness (QED) is 0.419. The highest BCUT2D eigenvalue weighted by Crippen LogP contribution is 2.11. The molecule has 0 aliphatic rings. The zero-order chi connectivity index (χ0) is 21.9. The maximum absolute atomic E-state index is 12.4. The minimum absolute atomic E-state index is 0.249. The highest BCUT2D eigenvalue weighted by atomic mass is 16.7. The molecule has 0 fully saturated rings. The van der Waals surface area contributed by atoms with Gasteiger partial charge in [0.15, 0.2) is 0 Å². The Bertz CT molecular complexity index is 535. The predicted octanol–water partition coefficient (Wildman–Crippen LogP) is 2.73. The van der Waals surface area contributed by atoms with E-state index in [1.807, 2.05) is 0 Å². The van der Waals surface area contributed by atoms with Crippen LogP contribution in [0, 0.1) is 11.8 Å². The van der Waals surface area contributed by atoms with E-state index in [4.69, 9.17) is 14.2 Å². The molecule has 1 amide bonds. The molecule has 0 bridgehead atoms. The Balaban J connectivity index is 4.75. The van der Waals surface area contributed by atoms with Crippen molar-refractivity contribution in [2.45, 2.75) is 85.8 Å². The Morgan fingerprint density at radius 2 is 1.54 bits per heavy atom. The fourth-order valence-corrected chi connectivity index (χ4v) is 2.05. The van der Waals surface area contributed by atoms with Gasteiger partial charge in [0, 0.05) is 6.42 Å². The van der Waals surface area contributed by atoms with Gasteiger partial charge in [0.05, 0.1) is 12.3 Å². The monoisotopic (exact) mass is 401 g/mol. The second-order valence-corrected chi connectivity index (χ2v) is 8.40. The van der Waals surface area contributed by atoms with Crippen molar-refractivity contribution >= 4 is 23.8 Å². The van der Waals surface area contributed by atoms with Crippen LogP contribution in [0.15, 0.2) is 0 Å². The summed E-state index contributed by atoms with van der Waals surface area (Å²) in [5.41, 5.74) is -0.769. The highest BCUT2D eigenvalue weighted by molar-refractivity contribution is 5.88. The van der Waals surface area contributed by atoms with Gasteiger partial charge in [-0.05, 0) is 33.1 Å². The van der Waals surface area contributed by atoms with E-state index >= 15 is 0 Å². The number of amides is 1. The molecular weight excluding hydrogens is 366 g/mol. The fraction of sp³-hybridized carbons (Fsp3) is 0.800. The van der Waals surface area contributed by atoms with E-state index in [1.165, 1.54) is 0 Å². The largest absolute Gasteiger partial charge is 0.458 e. The number of ether oxygens (including phenoxy) is 3. The van der Waals surface area contributed by atoms with Crippen LogP contribution >= 0.6 is 0 Å². The molecule has 8 nitrogen and oxygen atoms in total. The third kappa shape index (κ3) is 13.1. The molecule has 0 saturated heterocycles. The van der Waals surface area contributed by atoms with E-state index in [1.54, 1.807) is 34.6 Å². The third-order valence-corrected chi connectivity index (χ3v) is 3.48. The lowest BCUT2D eigenvalue weighted by molar-refractivity contribution is -0.172.